The molecule has 0 N–H and O–H groups in total. The lowest BCUT2D eigenvalue weighted by Gasteiger charge is -2.26. The Bertz CT molecular complexity index is 884. The number of carbonyl (C=O) groups is 3. The van der Waals surface area contributed by atoms with Crippen LogP contribution in [0.3, 0.4) is 0 Å². The molecule has 1 aromatic heterocycles. The Morgan fingerprint density at radius 3 is 2.50 bits per heavy atom. The molecule has 0 bridgehead atoms. The lowest BCUT2D eigenvalue weighted by molar-refractivity contribution is -0.138. The van der Waals surface area contributed by atoms with Crippen molar-refractivity contribution in [1.82, 2.24) is 14.7 Å². The Hall–Kier alpha value is -2.71. The summed E-state index contributed by atoms with van der Waals surface area (Å²) in [6.45, 7) is 6.21. The standard InChI is InChI=1S/C24H31N3O4S/c1-3-25(4-2)23(29)18-31-20-15-26(13-12-19-9-6-5-7-10-19)22(28)17-27(16-20)24(30)21-11-8-14-32-21/h5-11,14,20H,3-4,12-13,15-18H2,1-2H3/t20-/m0/s1. The number of benzene rings is 1. The van der Waals surface area contributed by atoms with Gasteiger partial charge in [-0.3, -0.25) is 14.4 Å². The van der Waals surface area contributed by atoms with Crippen molar-refractivity contribution in [2.75, 3.05) is 45.9 Å². The molecule has 8 heteroatoms. The molecule has 1 aliphatic rings. The van der Waals surface area contributed by atoms with Gasteiger partial charge in [-0.1, -0.05) is 36.4 Å². The van der Waals surface area contributed by atoms with Crippen LogP contribution >= 0.6 is 11.3 Å². The predicted octanol–water partition coefficient (Wildman–Crippen LogP) is 2.53. The second-order valence-corrected chi connectivity index (χ2v) is 8.69. The smallest absolute Gasteiger partial charge is 0.264 e. The van der Waals surface area contributed by atoms with Gasteiger partial charge in [0, 0.05) is 32.7 Å². The molecule has 0 saturated carbocycles. The quantitative estimate of drug-likeness (QED) is 0.580. The summed E-state index contributed by atoms with van der Waals surface area (Å²) in [7, 11) is 0. The number of hydrogen-bond acceptors (Lipinski definition) is 5. The van der Waals surface area contributed by atoms with Gasteiger partial charge in [0.2, 0.25) is 11.8 Å². The number of rotatable bonds is 9. The lowest BCUT2D eigenvalue weighted by atomic mass is 10.1. The van der Waals surface area contributed by atoms with Gasteiger partial charge in [0.1, 0.15) is 13.2 Å². The first-order valence-electron chi connectivity index (χ1n) is 11.1. The van der Waals surface area contributed by atoms with Crippen LogP contribution < -0.4 is 0 Å². The van der Waals surface area contributed by atoms with Gasteiger partial charge in [0.25, 0.3) is 5.91 Å². The molecule has 3 amide bonds. The molecule has 2 heterocycles. The highest BCUT2D eigenvalue weighted by atomic mass is 32.1. The van der Waals surface area contributed by atoms with Crippen LogP contribution in [0.4, 0.5) is 0 Å². The van der Waals surface area contributed by atoms with Crippen molar-refractivity contribution < 1.29 is 19.1 Å². The molecular formula is C24H31N3O4S. The van der Waals surface area contributed by atoms with Gasteiger partial charge in [-0.15, -0.1) is 11.3 Å². The Labute approximate surface area is 193 Å². The van der Waals surface area contributed by atoms with Gasteiger partial charge in [-0.2, -0.15) is 0 Å². The number of likely N-dealkylation sites (N-methyl/N-ethyl adjacent to an activating group) is 1. The minimum atomic E-state index is -0.430. The summed E-state index contributed by atoms with van der Waals surface area (Å²) in [5.41, 5.74) is 1.14. The highest BCUT2D eigenvalue weighted by Gasteiger charge is 2.32. The van der Waals surface area contributed by atoms with Crippen LogP contribution in [0.15, 0.2) is 47.8 Å². The molecular weight excluding hydrogens is 426 g/mol. The number of hydrogen-bond donors (Lipinski definition) is 0. The molecule has 0 spiro atoms. The largest absolute Gasteiger partial charge is 0.365 e. The van der Waals surface area contributed by atoms with E-state index in [1.54, 1.807) is 20.8 Å². The molecule has 1 aromatic carbocycles. The molecule has 7 nitrogen and oxygen atoms in total. The van der Waals surface area contributed by atoms with Crippen LogP contribution in [-0.2, 0) is 20.7 Å². The average Bonchev–Trinajstić information content (AvgIpc) is 3.29. The fourth-order valence-corrected chi connectivity index (χ4v) is 4.47. The molecule has 0 unspecified atom stereocenters. The first-order chi connectivity index (χ1) is 15.5. The minimum Gasteiger partial charge on any atom is -0.365 e. The normalized spacial score (nSPS) is 16.7. The van der Waals surface area contributed by atoms with Crippen molar-refractivity contribution in [1.29, 1.82) is 0 Å². The SMILES string of the molecule is CCN(CC)C(=O)CO[C@H]1CN(CCc2ccccc2)C(=O)CN(C(=O)c2cccs2)C1. The summed E-state index contributed by atoms with van der Waals surface area (Å²) in [6.07, 6.45) is 0.289. The zero-order valence-corrected chi connectivity index (χ0v) is 19.6. The number of nitrogens with zero attached hydrogens (tertiary/aromatic N) is 3. The van der Waals surface area contributed by atoms with Gasteiger partial charge in [-0.25, -0.2) is 0 Å². The number of thiophene rings is 1. The Kier molecular flexibility index (Phi) is 8.81. The van der Waals surface area contributed by atoms with E-state index in [1.807, 2.05) is 55.6 Å². The predicted molar refractivity (Wildman–Crippen MR) is 125 cm³/mol. The van der Waals surface area contributed by atoms with E-state index in [2.05, 4.69) is 0 Å². The van der Waals surface area contributed by atoms with Crippen LogP contribution in [0.5, 0.6) is 0 Å². The van der Waals surface area contributed by atoms with Crippen LogP contribution in [0, 0.1) is 0 Å². The second kappa shape index (κ2) is 11.8. The van der Waals surface area contributed by atoms with Gasteiger partial charge in [0.15, 0.2) is 0 Å². The second-order valence-electron chi connectivity index (χ2n) is 7.74. The average molecular weight is 458 g/mol. The van der Waals surface area contributed by atoms with E-state index in [1.165, 1.54) is 11.3 Å². The maximum absolute atomic E-state index is 13.0. The zero-order valence-electron chi connectivity index (χ0n) is 18.7. The molecule has 3 rings (SSSR count). The van der Waals surface area contributed by atoms with E-state index in [-0.39, 0.29) is 37.4 Å². The van der Waals surface area contributed by atoms with Gasteiger partial charge < -0.3 is 19.4 Å². The Morgan fingerprint density at radius 2 is 1.84 bits per heavy atom. The minimum absolute atomic E-state index is 0.00930. The number of ether oxygens (including phenoxy) is 1. The van der Waals surface area contributed by atoms with Crippen LogP contribution in [-0.4, -0.2) is 84.4 Å². The third-order valence-electron chi connectivity index (χ3n) is 5.62. The third kappa shape index (κ3) is 6.40. The van der Waals surface area contributed by atoms with Gasteiger partial charge >= 0.3 is 0 Å². The highest BCUT2D eigenvalue weighted by Crippen LogP contribution is 2.16. The topological polar surface area (TPSA) is 70.2 Å². The van der Waals surface area contributed by atoms with Crippen molar-refractivity contribution in [2.45, 2.75) is 26.4 Å². The number of carbonyl (C=O) groups excluding carboxylic acids is 3. The molecule has 0 radical (unpaired) electrons. The van der Waals surface area contributed by atoms with Gasteiger partial charge in [0.05, 0.1) is 11.0 Å². The van der Waals surface area contributed by atoms with E-state index in [4.69, 9.17) is 4.74 Å². The van der Waals surface area contributed by atoms with E-state index in [0.717, 1.165) is 12.0 Å². The van der Waals surface area contributed by atoms with E-state index in [0.29, 0.717) is 31.1 Å². The summed E-state index contributed by atoms with van der Waals surface area (Å²) in [4.78, 5) is 44.0. The zero-order chi connectivity index (χ0) is 22.9. The molecule has 0 aliphatic carbocycles. The summed E-state index contributed by atoms with van der Waals surface area (Å²) in [5.74, 6) is -0.369. The van der Waals surface area contributed by atoms with Crippen molar-refractivity contribution >= 4 is 29.1 Å². The molecule has 172 valence electrons. The summed E-state index contributed by atoms with van der Waals surface area (Å²) in [6, 6.07) is 13.6. The summed E-state index contributed by atoms with van der Waals surface area (Å²) in [5, 5.41) is 1.84. The van der Waals surface area contributed by atoms with E-state index >= 15 is 0 Å². The molecule has 1 fully saturated rings. The third-order valence-corrected chi connectivity index (χ3v) is 6.48. The summed E-state index contributed by atoms with van der Waals surface area (Å²) >= 11 is 1.35. The molecule has 1 atom stereocenters. The molecule has 1 aliphatic heterocycles. The van der Waals surface area contributed by atoms with Crippen molar-refractivity contribution in [3.8, 4) is 0 Å². The maximum atomic E-state index is 13.0. The summed E-state index contributed by atoms with van der Waals surface area (Å²) < 4.78 is 5.96. The Balaban J connectivity index is 1.71. The van der Waals surface area contributed by atoms with Crippen molar-refractivity contribution in [3.05, 3.63) is 58.3 Å². The Morgan fingerprint density at radius 1 is 1.09 bits per heavy atom. The van der Waals surface area contributed by atoms with Crippen molar-refractivity contribution in [3.63, 3.8) is 0 Å². The van der Waals surface area contributed by atoms with Crippen LogP contribution in [0.1, 0.15) is 29.1 Å². The van der Waals surface area contributed by atoms with Gasteiger partial charge in [-0.05, 0) is 37.3 Å². The first-order valence-corrected chi connectivity index (χ1v) is 11.9. The van der Waals surface area contributed by atoms with E-state index in [9.17, 15) is 14.4 Å². The lowest BCUT2D eigenvalue weighted by Crippen LogP contribution is -2.41. The van der Waals surface area contributed by atoms with E-state index < -0.39 is 6.10 Å². The van der Waals surface area contributed by atoms with Crippen LogP contribution in [0.25, 0.3) is 0 Å². The van der Waals surface area contributed by atoms with Crippen LogP contribution in [0.2, 0.25) is 0 Å². The fraction of sp³-hybridized carbons (Fsp3) is 0.458. The van der Waals surface area contributed by atoms with Crippen molar-refractivity contribution in [2.24, 2.45) is 0 Å². The number of amides is 3. The molecule has 2 aromatic rings. The molecule has 32 heavy (non-hydrogen) atoms. The highest BCUT2D eigenvalue weighted by molar-refractivity contribution is 7.12. The maximum Gasteiger partial charge on any atom is 0.264 e. The monoisotopic (exact) mass is 457 g/mol. The fourth-order valence-electron chi connectivity index (χ4n) is 3.78. The molecule has 1 saturated heterocycles. The first kappa shape index (κ1) is 23.9.